The minimum Gasteiger partial charge on any atom is -0.481 e. The van der Waals surface area contributed by atoms with Crippen LogP contribution in [0.25, 0.3) is 10.9 Å². The predicted octanol–water partition coefficient (Wildman–Crippen LogP) is -0.468. The maximum atomic E-state index is 12.7. The van der Waals surface area contributed by atoms with E-state index in [4.69, 9.17) is 10.8 Å². The lowest BCUT2D eigenvalue weighted by atomic mass is 10.0. The molecule has 0 aliphatic heterocycles. The van der Waals surface area contributed by atoms with Gasteiger partial charge in [0.1, 0.15) is 12.1 Å². The number of carboxylic acid groups (broad SMARTS) is 2. The number of benzene rings is 1. The van der Waals surface area contributed by atoms with Gasteiger partial charge in [-0.25, -0.2) is 9.78 Å². The van der Waals surface area contributed by atoms with Crippen molar-refractivity contribution in [2.45, 2.75) is 37.4 Å². The average molecular weight is 456 g/mol. The number of aromatic amines is 2. The first-order chi connectivity index (χ1) is 15.7. The third-order valence-corrected chi connectivity index (χ3v) is 5.06. The van der Waals surface area contributed by atoms with Gasteiger partial charge in [0.2, 0.25) is 11.8 Å². The van der Waals surface area contributed by atoms with Gasteiger partial charge in [-0.05, 0) is 11.6 Å². The van der Waals surface area contributed by atoms with Gasteiger partial charge in [-0.1, -0.05) is 18.2 Å². The van der Waals surface area contributed by atoms with E-state index in [9.17, 15) is 24.3 Å². The Morgan fingerprint density at radius 2 is 1.73 bits per heavy atom. The van der Waals surface area contributed by atoms with Gasteiger partial charge >= 0.3 is 11.9 Å². The van der Waals surface area contributed by atoms with Gasteiger partial charge in [0.25, 0.3) is 0 Å². The van der Waals surface area contributed by atoms with Crippen LogP contribution < -0.4 is 16.4 Å². The van der Waals surface area contributed by atoms with Gasteiger partial charge in [0.15, 0.2) is 0 Å². The van der Waals surface area contributed by atoms with Gasteiger partial charge in [-0.2, -0.15) is 0 Å². The molecular formula is C21H24N6O6. The molecule has 0 saturated heterocycles. The fraction of sp³-hybridized carbons (Fsp3) is 0.286. The van der Waals surface area contributed by atoms with E-state index in [-0.39, 0.29) is 12.8 Å². The number of nitrogens with two attached hydrogens (primary N) is 1. The molecule has 2 heterocycles. The Bertz CT molecular complexity index is 1140. The largest absolute Gasteiger partial charge is 0.481 e. The molecule has 3 aromatic rings. The van der Waals surface area contributed by atoms with E-state index < -0.39 is 48.3 Å². The van der Waals surface area contributed by atoms with E-state index >= 15 is 0 Å². The fourth-order valence-corrected chi connectivity index (χ4v) is 3.38. The van der Waals surface area contributed by atoms with E-state index in [1.54, 1.807) is 12.3 Å². The summed E-state index contributed by atoms with van der Waals surface area (Å²) in [6, 6.07) is 3.36. The molecule has 12 heteroatoms. The monoisotopic (exact) mass is 456 g/mol. The Morgan fingerprint density at radius 3 is 2.39 bits per heavy atom. The van der Waals surface area contributed by atoms with Crippen molar-refractivity contribution in [2.75, 3.05) is 0 Å². The Balaban J connectivity index is 1.69. The molecule has 0 bridgehead atoms. The average Bonchev–Trinajstić information content (AvgIpc) is 3.42. The van der Waals surface area contributed by atoms with Gasteiger partial charge in [-0.3, -0.25) is 14.4 Å². The topological polar surface area (TPSA) is 203 Å². The first-order valence-electron chi connectivity index (χ1n) is 10.1. The minimum atomic E-state index is -1.51. The number of imidazole rings is 1. The van der Waals surface area contributed by atoms with E-state index in [1.807, 2.05) is 18.2 Å². The van der Waals surface area contributed by atoms with Crippen LogP contribution in [0.5, 0.6) is 0 Å². The van der Waals surface area contributed by atoms with Crippen molar-refractivity contribution in [1.29, 1.82) is 0 Å². The van der Waals surface area contributed by atoms with Gasteiger partial charge in [0.05, 0.1) is 18.8 Å². The number of nitrogens with one attached hydrogen (secondary N) is 4. The van der Waals surface area contributed by atoms with Crippen LogP contribution in [0.3, 0.4) is 0 Å². The van der Waals surface area contributed by atoms with Crippen LogP contribution in [-0.2, 0) is 32.0 Å². The summed E-state index contributed by atoms with van der Waals surface area (Å²) in [6.45, 7) is 0. The maximum Gasteiger partial charge on any atom is 0.326 e. The zero-order valence-electron chi connectivity index (χ0n) is 17.4. The Labute approximate surface area is 187 Å². The molecule has 2 aromatic heterocycles. The molecule has 3 rings (SSSR count). The van der Waals surface area contributed by atoms with Gasteiger partial charge < -0.3 is 36.5 Å². The summed E-state index contributed by atoms with van der Waals surface area (Å²) in [5.74, 6) is -4.34. The second-order valence-electron chi connectivity index (χ2n) is 7.51. The highest BCUT2D eigenvalue weighted by Crippen LogP contribution is 2.19. The summed E-state index contributed by atoms with van der Waals surface area (Å²) < 4.78 is 0. The van der Waals surface area contributed by atoms with Crippen molar-refractivity contribution < 1.29 is 29.4 Å². The lowest BCUT2D eigenvalue weighted by Crippen LogP contribution is -2.55. The number of aliphatic carboxylic acids is 2. The van der Waals surface area contributed by atoms with Crippen molar-refractivity contribution in [1.82, 2.24) is 25.6 Å². The molecule has 0 fully saturated rings. The number of hydrogen-bond acceptors (Lipinski definition) is 6. The Morgan fingerprint density at radius 1 is 1.00 bits per heavy atom. The molecule has 33 heavy (non-hydrogen) atoms. The molecule has 2 amide bonds. The Kier molecular flexibility index (Phi) is 7.41. The lowest BCUT2D eigenvalue weighted by molar-refractivity contribution is -0.143. The fourth-order valence-electron chi connectivity index (χ4n) is 3.38. The molecule has 1 aromatic carbocycles. The quantitative estimate of drug-likeness (QED) is 0.200. The maximum absolute atomic E-state index is 12.7. The number of amides is 2. The number of aromatic nitrogens is 3. The molecule has 0 unspecified atom stereocenters. The van der Waals surface area contributed by atoms with E-state index in [1.165, 1.54) is 12.5 Å². The van der Waals surface area contributed by atoms with Gasteiger partial charge in [-0.15, -0.1) is 0 Å². The van der Waals surface area contributed by atoms with Crippen LogP contribution in [0.4, 0.5) is 0 Å². The van der Waals surface area contributed by atoms with Gasteiger partial charge in [0, 0.05) is 41.8 Å². The molecule has 0 saturated carbocycles. The van der Waals surface area contributed by atoms with Crippen LogP contribution in [0, 0.1) is 0 Å². The number of fused-ring (bicyclic) bond motifs is 1. The smallest absolute Gasteiger partial charge is 0.326 e. The summed E-state index contributed by atoms with van der Waals surface area (Å²) in [7, 11) is 0. The Hall–Kier alpha value is -4.19. The highest BCUT2D eigenvalue weighted by Gasteiger charge is 2.30. The molecule has 0 radical (unpaired) electrons. The number of hydrogen-bond donors (Lipinski definition) is 7. The van der Waals surface area contributed by atoms with Crippen molar-refractivity contribution in [3.8, 4) is 0 Å². The molecule has 0 spiro atoms. The highest BCUT2D eigenvalue weighted by molar-refractivity contribution is 5.94. The number of carbonyl (C=O) groups excluding carboxylic acids is 2. The van der Waals surface area contributed by atoms with E-state index in [0.717, 1.165) is 10.9 Å². The molecule has 3 atom stereocenters. The number of carbonyl (C=O) groups is 4. The van der Waals surface area contributed by atoms with Crippen molar-refractivity contribution in [3.05, 3.63) is 54.2 Å². The van der Waals surface area contributed by atoms with Crippen LogP contribution in [0.1, 0.15) is 17.7 Å². The van der Waals surface area contributed by atoms with Crippen LogP contribution in [0.15, 0.2) is 43.0 Å². The van der Waals surface area contributed by atoms with Crippen LogP contribution in [-0.4, -0.2) is 67.0 Å². The number of carboxylic acids is 2. The second-order valence-corrected chi connectivity index (χ2v) is 7.51. The standard InChI is InChI=1S/C21H24N6O6/c22-14(6-12-9-23-10-25-12)19(30)26-16(7-18(28)29)20(31)27-17(21(32)33)5-11-8-24-15-4-2-1-3-13(11)15/h1-4,8-10,14,16-17,24H,5-7,22H2,(H,23,25)(H,26,30)(H,27,31)(H,28,29)(H,32,33)/t14-,16-,17-/m0/s1. The normalized spacial score (nSPS) is 13.7. The van der Waals surface area contributed by atoms with E-state index in [2.05, 4.69) is 25.6 Å². The summed E-state index contributed by atoms with van der Waals surface area (Å²) >= 11 is 0. The first kappa shape index (κ1) is 23.5. The van der Waals surface area contributed by atoms with Crippen LogP contribution >= 0.6 is 0 Å². The van der Waals surface area contributed by atoms with Crippen LogP contribution in [0.2, 0.25) is 0 Å². The molecule has 8 N–H and O–H groups in total. The molecule has 12 nitrogen and oxygen atoms in total. The number of nitrogens with zero attached hydrogens (tertiary/aromatic N) is 1. The number of para-hydroxylation sites is 1. The second kappa shape index (κ2) is 10.4. The third kappa shape index (κ3) is 6.17. The third-order valence-electron chi connectivity index (χ3n) is 5.06. The number of rotatable bonds is 11. The van der Waals surface area contributed by atoms with Crippen molar-refractivity contribution in [2.24, 2.45) is 5.73 Å². The first-order valence-corrected chi connectivity index (χ1v) is 10.1. The van der Waals surface area contributed by atoms with Crippen molar-refractivity contribution >= 4 is 34.7 Å². The predicted molar refractivity (Wildman–Crippen MR) is 116 cm³/mol. The molecular weight excluding hydrogens is 432 g/mol. The molecule has 0 aliphatic rings. The molecule has 174 valence electrons. The molecule has 0 aliphatic carbocycles. The summed E-state index contributed by atoms with van der Waals surface area (Å²) in [5, 5.41) is 24.2. The van der Waals surface area contributed by atoms with Crippen molar-refractivity contribution in [3.63, 3.8) is 0 Å². The number of H-pyrrole nitrogens is 2. The zero-order valence-corrected chi connectivity index (χ0v) is 17.4. The van der Waals surface area contributed by atoms with E-state index in [0.29, 0.717) is 11.3 Å². The lowest BCUT2D eigenvalue weighted by Gasteiger charge is -2.22. The SMILES string of the molecule is N[C@@H](Cc1cnc[nH]1)C(=O)N[C@@H](CC(=O)O)C(=O)N[C@@H](Cc1c[nH]c2ccccc12)C(=O)O. The summed E-state index contributed by atoms with van der Waals surface area (Å²) in [5.41, 5.74) is 7.90. The zero-order chi connectivity index (χ0) is 24.0. The minimum absolute atomic E-state index is 0.0435. The summed E-state index contributed by atoms with van der Waals surface area (Å²) in [4.78, 5) is 57.8. The highest BCUT2D eigenvalue weighted by atomic mass is 16.4. The summed E-state index contributed by atoms with van der Waals surface area (Å²) in [6.07, 6.45) is 3.85.